The Morgan fingerprint density at radius 1 is 1.40 bits per heavy atom. The van der Waals surface area contributed by atoms with Gasteiger partial charge in [0, 0.05) is 13.1 Å². The molecule has 1 fully saturated rings. The molecule has 6 heteroatoms. The van der Waals surface area contributed by atoms with Gasteiger partial charge in [-0.1, -0.05) is 13.3 Å². The van der Waals surface area contributed by atoms with Gasteiger partial charge in [0.1, 0.15) is 5.60 Å². The second kappa shape index (κ2) is 6.43. The first-order valence-corrected chi connectivity index (χ1v) is 7.15. The number of carbonyl (C=O) groups excluding carboxylic acids is 1. The molecule has 0 bridgehead atoms. The van der Waals surface area contributed by atoms with Crippen LogP contribution in [0.15, 0.2) is 0 Å². The van der Waals surface area contributed by atoms with E-state index in [9.17, 15) is 14.7 Å². The van der Waals surface area contributed by atoms with Gasteiger partial charge in [0.2, 0.25) is 0 Å². The van der Waals surface area contributed by atoms with Crippen LogP contribution in [0.1, 0.15) is 47.0 Å². The number of nitrogens with zero attached hydrogens (tertiary/aromatic N) is 1. The van der Waals surface area contributed by atoms with E-state index < -0.39 is 23.2 Å². The zero-order valence-corrected chi connectivity index (χ0v) is 12.9. The van der Waals surface area contributed by atoms with Crippen LogP contribution in [0.25, 0.3) is 0 Å². The number of carboxylic acids is 1. The van der Waals surface area contributed by atoms with E-state index in [1.165, 1.54) is 0 Å². The Morgan fingerprint density at radius 3 is 2.55 bits per heavy atom. The first-order valence-electron chi connectivity index (χ1n) is 7.15. The maximum atomic E-state index is 11.8. The molecule has 0 spiro atoms. The van der Waals surface area contributed by atoms with E-state index >= 15 is 0 Å². The lowest BCUT2D eigenvalue weighted by molar-refractivity contribution is -0.144. The van der Waals surface area contributed by atoms with E-state index in [0.29, 0.717) is 19.5 Å². The lowest BCUT2D eigenvalue weighted by Gasteiger charge is -2.28. The van der Waals surface area contributed by atoms with Crippen LogP contribution >= 0.6 is 0 Å². The predicted octanol–water partition coefficient (Wildman–Crippen LogP) is 1.84. The highest BCUT2D eigenvalue weighted by Gasteiger charge is 2.46. The van der Waals surface area contributed by atoms with Gasteiger partial charge in [-0.15, -0.1) is 0 Å². The molecular weight excluding hydrogens is 260 g/mol. The summed E-state index contributed by atoms with van der Waals surface area (Å²) in [5.74, 6) is -0.998. The van der Waals surface area contributed by atoms with E-state index in [4.69, 9.17) is 4.74 Å². The Bertz CT molecular complexity index is 365. The standard InChI is InChI=1S/C14H26N2O4/c1-5-6-8-16-9-7-14(10-16,11(17)18)15-12(19)20-13(2,3)4/h5-10H2,1-4H3,(H,15,19)(H,17,18). The number of hydrogen-bond donors (Lipinski definition) is 2. The number of nitrogens with one attached hydrogen (secondary N) is 1. The summed E-state index contributed by atoms with van der Waals surface area (Å²) in [5.41, 5.74) is -1.86. The SMILES string of the molecule is CCCCN1CCC(NC(=O)OC(C)(C)C)(C(=O)O)C1. The molecule has 0 aromatic carbocycles. The first kappa shape index (κ1) is 16.8. The molecule has 1 amide bonds. The molecular formula is C14H26N2O4. The summed E-state index contributed by atoms with van der Waals surface area (Å²) in [6.45, 7) is 9.23. The normalized spacial score (nSPS) is 23.6. The predicted molar refractivity (Wildman–Crippen MR) is 75.7 cm³/mol. The Hall–Kier alpha value is -1.30. The van der Waals surface area contributed by atoms with Crippen LogP contribution in [0.5, 0.6) is 0 Å². The van der Waals surface area contributed by atoms with Crippen molar-refractivity contribution in [3.8, 4) is 0 Å². The van der Waals surface area contributed by atoms with Gasteiger partial charge in [0.25, 0.3) is 0 Å². The third kappa shape index (κ3) is 4.67. The topological polar surface area (TPSA) is 78.9 Å². The molecule has 1 unspecified atom stereocenters. The fourth-order valence-corrected chi connectivity index (χ4v) is 2.29. The third-order valence-electron chi connectivity index (χ3n) is 3.33. The van der Waals surface area contributed by atoms with Crippen LogP contribution in [-0.2, 0) is 9.53 Å². The minimum absolute atomic E-state index is 0.335. The lowest BCUT2D eigenvalue weighted by atomic mass is 9.99. The Kier molecular flexibility index (Phi) is 5.39. The molecule has 1 heterocycles. The number of alkyl carbamates (subject to hydrolysis) is 1. The Morgan fingerprint density at radius 2 is 2.05 bits per heavy atom. The van der Waals surface area contributed by atoms with Gasteiger partial charge >= 0.3 is 12.1 Å². The molecule has 116 valence electrons. The number of amides is 1. The highest BCUT2D eigenvalue weighted by Crippen LogP contribution is 2.23. The molecule has 0 saturated carbocycles. The number of carbonyl (C=O) groups is 2. The summed E-state index contributed by atoms with van der Waals surface area (Å²) in [5, 5.41) is 12.0. The quantitative estimate of drug-likeness (QED) is 0.806. The minimum Gasteiger partial charge on any atom is -0.479 e. The maximum Gasteiger partial charge on any atom is 0.408 e. The molecule has 6 nitrogen and oxygen atoms in total. The largest absolute Gasteiger partial charge is 0.479 e. The van der Waals surface area contributed by atoms with Crippen molar-refractivity contribution in [2.75, 3.05) is 19.6 Å². The van der Waals surface area contributed by atoms with E-state index in [1.54, 1.807) is 20.8 Å². The van der Waals surface area contributed by atoms with Crippen molar-refractivity contribution in [2.24, 2.45) is 0 Å². The van der Waals surface area contributed by atoms with Crippen LogP contribution < -0.4 is 5.32 Å². The number of ether oxygens (including phenoxy) is 1. The van der Waals surface area contributed by atoms with Crippen molar-refractivity contribution < 1.29 is 19.4 Å². The fraction of sp³-hybridized carbons (Fsp3) is 0.857. The number of aliphatic carboxylic acids is 1. The van der Waals surface area contributed by atoms with Crippen molar-refractivity contribution in [1.29, 1.82) is 0 Å². The van der Waals surface area contributed by atoms with Gasteiger partial charge in [0.05, 0.1) is 0 Å². The smallest absolute Gasteiger partial charge is 0.408 e. The van der Waals surface area contributed by atoms with Gasteiger partial charge in [-0.3, -0.25) is 0 Å². The zero-order valence-electron chi connectivity index (χ0n) is 12.9. The molecule has 2 N–H and O–H groups in total. The highest BCUT2D eigenvalue weighted by molar-refractivity contribution is 5.85. The van der Waals surface area contributed by atoms with Gasteiger partial charge in [0.15, 0.2) is 5.54 Å². The van der Waals surface area contributed by atoms with Crippen LogP contribution in [0.4, 0.5) is 4.79 Å². The van der Waals surface area contributed by atoms with Crippen molar-refractivity contribution in [3.05, 3.63) is 0 Å². The summed E-state index contributed by atoms with van der Waals surface area (Å²) < 4.78 is 5.16. The molecule has 0 aromatic rings. The summed E-state index contributed by atoms with van der Waals surface area (Å²) in [6, 6.07) is 0. The van der Waals surface area contributed by atoms with Gasteiger partial charge in [-0.05, 0) is 40.2 Å². The number of hydrogen-bond acceptors (Lipinski definition) is 4. The second-order valence-corrected chi connectivity index (χ2v) is 6.39. The van der Waals surface area contributed by atoms with Crippen LogP contribution in [0, 0.1) is 0 Å². The van der Waals surface area contributed by atoms with Crippen LogP contribution in [0.2, 0.25) is 0 Å². The number of unbranched alkanes of at least 4 members (excludes halogenated alkanes) is 1. The van der Waals surface area contributed by atoms with E-state index in [2.05, 4.69) is 17.1 Å². The zero-order chi connectivity index (χ0) is 15.4. The minimum atomic E-state index is -1.23. The number of carboxylic acid groups (broad SMARTS) is 1. The fourth-order valence-electron chi connectivity index (χ4n) is 2.29. The average molecular weight is 286 g/mol. The Labute approximate surface area is 120 Å². The van der Waals surface area contributed by atoms with E-state index in [-0.39, 0.29) is 0 Å². The molecule has 1 saturated heterocycles. The molecule has 0 radical (unpaired) electrons. The van der Waals surface area contributed by atoms with E-state index in [1.807, 2.05) is 0 Å². The lowest BCUT2D eigenvalue weighted by Crippen LogP contribution is -2.57. The first-order chi connectivity index (χ1) is 9.18. The summed E-state index contributed by atoms with van der Waals surface area (Å²) in [7, 11) is 0. The van der Waals surface area contributed by atoms with Crippen LogP contribution in [-0.4, -0.2) is 52.8 Å². The summed E-state index contributed by atoms with van der Waals surface area (Å²) >= 11 is 0. The third-order valence-corrected chi connectivity index (χ3v) is 3.33. The maximum absolute atomic E-state index is 11.8. The molecule has 0 aromatic heterocycles. The van der Waals surface area contributed by atoms with Crippen molar-refractivity contribution >= 4 is 12.1 Å². The van der Waals surface area contributed by atoms with Crippen molar-refractivity contribution in [2.45, 2.75) is 58.1 Å². The van der Waals surface area contributed by atoms with Crippen molar-refractivity contribution in [1.82, 2.24) is 10.2 Å². The Balaban J connectivity index is 2.66. The molecule has 1 rings (SSSR count). The van der Waals surface area contributed by atoms with E-state index in [0.717, 1.165) is 19.4 Å². The average Bonchev–Trinajstić information content (AvgIpc) is 2.68. The molecule has 0 aliphatic carbocycles. The monoisotopic (exact) mass is 286 g/mol. The van der Waals surface area contributed by atoms with Gasteiger partial charge in [-0.2, -0.15) is 0 Å². The number of rotatable bonds is 5. The molecule has 1 aliphatic rings. The summed E-state index contributed by atoms with van der Waals surface area (Å²) in [6.07, 6.45) is 1.83. The van der Waals surface area contributed by atoms with Gasteiger partial charge in [-0.25, -0.2) is 9.59 Å². The van der Waals surface area contributed by atoms with Crippen molar-refractivity contribution in [3.63, 3.8) is 0 Å². The second-order valence-electron chi connectivity index (χ2n) is 6.39. The van der Waals surface area contributed by atoms with Gasteiger partial charge < -0.3 is 20.1 Å². The van der Waals surface area contributed by atoms with Crippen LogP contribution in [0.3, 0.4) is 0 Å². The molecule has 1 atom stereocenters. The summed E-state index contributed by atoms with van der Waals surface area (Å²) in [4.78, 5) is 25.5. The molecule has 20 heavy (non-hydrogen) atoms. The highest BCUT2D eigenvalue weighted by atomic mass is 16.6. The number of likely N-dealkylation sites (tertiary alicyclic amines) is 1. The molecule has 1 aliphatic heterocycles.